The number of hydrogen-bond acceptors (Lipinski definition) is 3. The molecule has 0 aromatic rings. The monoisotopic (exact) mass is 415 g/mol. The van der Waals surface area contributed by atoms with E-state index >= 15 is 0 Å². The zero-order valence-corrected chi connectivity index (χ0v) is 23.2. The van der Waals surface area contributed by atoms with Crippen molar-refractivity contribution in [1.29, 1.82) is 0 Å². The van der Waals surface area contributed by atoms with Crippen molar-refractivity contribution in [1.82, 2.24) is 13.4 Å². The lowest BCUT2D eigenvalue weighted by atomic mass is 10.3. The van der Waals surface area contributed by atoms with Crippen molar-refractivity contribution >= 4 is 16.8 Å². The van der Waals surface area contributed by atoms with Crippen LogP contribution in [0.2, 0.25) is 24.2 Å². The van der Waals surface area contributed by atoms with Gasteiger partial charge in [-0.05, 0) is 54.9 Å². The van der Waals surface area contributed by atoms with Gasteiger partial charge >= 0.3 is 0 Å². The van der Waals surface area contributed by atoms with E-state index in [-0.39, 0.29) is 0 Å². The molecule has 0 aromatic carbocycles. The van der Waals surface area contributed by atoms with Crippen LogP contribution in [0.1, 0.15) is 90.0 Å². The van der Waals surface area contributed by atoms with Gasteiger partial charge in [-0.2, -0.15) is 0 Å². The van der Waals surface area contributed by atoms with Gasteiger partial charge in [0.1, 0.15) is 0 Å². The van der Waals surface area contributed by atoms with Crippen molar-refractivity contribution in [3.63, 3.8) is 0 Å². The molecule has 0 aliphatic rings. The number of hydrogen-bond donors (Lipinski definition) is 0. The van der Waals surface area contributed by atoms with Gasteiger partial charge in [-0.25, -0.2) is 0 Å². The molecule has 0 aromatic heterocycles. The van der Waals surface area contributed by atoms with Crippen LogP contribution in [0.5, 0.6) is 0 Å². The zero-order valence-electron chi connectivity index (χ0n) is 21.2. The average molecular weight is 416 g/mol. The summed E-state index contributed by atoms with van der Waals surface area (Å²) in [5.41, 5.74) is 0. The van der Waals surface area contributed by atoms with Crippen LogP contribution in [0.15, 0.2) is 0 Å². The lowest BCUT2D eigenvalue weighted by Gasteiger charge is -2.62. The lowest BCUT2D eigenvalue weighted by Crippen LogP contribution is -2.80. The Morgan fingerprint density at radius 2 is 0.704 bits per heavy atom. The van der Waals surface area contributed by atoms with Gasteiger partial charge in [0.2, 0.25) is 16.8 Å². The Morgan fingerprint density at radius 3 is 0.815 bits per heavy atom. The van der Waals surface area contributed by atoms with Crippen molar-refractivity contribution in [3.8, 4) is 0 Å². The van der Waals surface area contributed by atoms with Crippen molar-refractivity contribution in [2.45, 2.75) is 138 Å². The molecule has 0 bridgehead atoms. The molecule has 0 rings (SSSR count). The molecular weight excluding hydrogens is 362 g/mol. The SMILES string of the molecule is CCN([Si](CC)(CC)N(C(C)C)C(C)C)[Si](CC)(CC)N(C(C)C)C(C)C. The molecule has 0 N–H and O–H groups in total. The molecular formula is C22H53N3Si2. The molecule has 0 spiro atoms. The van der Waals surface area contributed by atoms with Crippen molar-refractivity contribution in [2.24, 2.45) is 0 Å². The molecule has 0 saturated carbocycles. The van der Waals surface area contributed by atoms with E-state index < -0.39 is 16.8 Å². The molecule has 0 heterocycles. The Hall–Kier alpha value is 0.314. The Bertz CT molecular complexity index is 350. The maximum absolute atomic E-state index is 3.17. The first kappa shape index (κ1) is 27.3. The second-order valence-corrected chi connectivity index (χ2v) is 18.6. The van der Waals surface area contributed by atoms with E-state index in [1.165, 1.54) is 30.7 Å². The van der Waals surface area contributed by atoms with Crippen molar-refractivity contribution in [2.75, 3.05) is 6.54 Å². The standard InChI is InChI=1S/C22H53N3Si2/c1-14-23(26(15-2,16-3)24(19(6)7)20(8)9)27(17-4,18-5)25(21(10)11)22(12)13/h19-22H,14-18H2,1-13H3. The van der Waals surface area contributed by atoms with Crippen LogP contribution in [0.25, 0.3) is 0 Å². The minimum absolute atomic E-state index is 0.609. The minimum atomic E-state index is -1.77. The average Bonchev–Trinajstić information content (AvgIpc) is 2.58. The van der Waals surface area contributed by atoms with Crippen LogP contribution in [0, 0.1) is 0 Å². The van der Waals surface area contributed by atoms with Gasteiger partial charge < -0.3 is 13.4 Å². The third-order valence-corrected chi connectivity index (χ3v) is 20.4. The fourth-order valence-corrected chi connectivity index (χ4v) is 21.6. The molecule has 3 nitrogen and oxygen atoms in total. The minimum Gasteiger partial charge on any atom is -0.321 e. The van der Waals surface area contributed by atoms with Crippen LogP contribution in [0.4, 0.5) is 0 Å². The highest BCUT2D eigenvalue weighted by molar-refractivity contribution is 6.90. The van der Waals surface area contributed by atoms with E-state index in [0.717, 1.165) is 0 Å². The van der Waals surface area contributed by atoms with Gasteiger partial charge in [-0.1, -0.05) is 90.0 Å². The van der Waals surface area contributed by atoms with Gasteiger partial charge in [-0.3, -0.25) is 0 Å². The van der Waals surface area contributed by atoms with E-state index in [1.54, 1.807) is 0 Å². The predicted molar refractivity (Wildman–Crippen MR) is 130 cm³/mol. The highest BCUT2D eigenvalue weighted by Gasteiger charge is 2.55. The smallest absolute Gasteiger partial charge is 0.200 e. The highest BCUT2D eigenvalue weighted by atomic mass is 28.4. The van der Waals surface area contributed by atoms with Crippen molar-refractivity contribution < 1.29 is 0 Å². The summed E-state index contributed by atoms with van der Waals surface area (Å²) in [5.74, 6) is 0. The van der Waals surface area contributed by atoms with Crippen LogP contribution < -0.4 is 0 Å². The zero-order chi connectivity index (χ0) is 21.6. The van der Waals surface area contributed by atoms with Crippen LogP contribution >= 0.6 is 0 Å². The Labute approximate surface area is 175 Å². The Balaban J connectivity index is 6.78. The Kier molecular flexibility index (Phi) is 11.6. The maximum atomic E-state index is 3.17. The highest BCUT2D eigenvalue weighted by Crippen LogP contribution is 2.38. The quantitative estimate of drug-likeness (QED) is 0.317. The van der Waals surface area contributed by atoms with Crippen LogP contribution in [-0.2, 0) is 0 Å². The Morgan fingerprint density at radius 1 is 0.481 bits per heavy atom. The topological polar surface area (TPSA) is 9.72 Å². The van der Waals surface area contributed by atoms with Crippen LogP contribution in [-0.4, -0.2) is 60.9 Å². The second kappa shape index (κ2) is 11.5. The molecule has 164 valence electrons. The number of nitrogens with zero attached hydrogens (tertiary/aromatic N) is 3. The summed E-state index contributed by atoms with van der Waals surface area (Å²) in [7, 11) is -3.55. The molecule has 0 aliphatic carbocycles. The fraction of sp³-hybridized carbons (Fsp3) is 1.00. The van der Waals surface area contributed by atoms with Gasteiger partial charge in [0.05, 0.1) is 0 Å². The molecule has 0 aliphatic heterocycles. The summed E-state index contributed by atoms with van der Waals surface area (Å²) < 4.78 is 9.09. The lowest BCUT2D eigenvalue weighted by molar-refractivity contribution is 0.237. The summed E-state index contributed by atoms with van der Waals surface area (Å²) in [6, 6.07) is 7.74. The van der Waals surface area contributed by atoms with Gasteiger partial charge in [0.25, 0.3) is 0 Å². The first-order chi connectivity index (χ1) is 12.5. The molecule has 0 atom stereocenters. The summed E-state index contributed by atoms with van der Waals surface area (Å²) in [5, 5.41) is 0. The maximum Gasteiger partial charge on any atom is 0.200 e. The number of rotatable bonds is 13. The van der Waals surface area contributed by atoms with E-state index in [4.69, 9.17) is 0 Å². The van der Waals surface area contributed by atoms with Gasteiger partial charge in [0.15, 0.2) is 0 Å². The summed E-state index contributed by atoms with van der Waals surface area (Å²) >= 11 is 0. The predicted octanol–water partition coefficient (Wildman–Crippen LogP) is 6.51. The van der Waals surface area contributed by atoms with E-state index in [9.17, 15) is 0 Å². The van der Waals surface area contributed by atoms with E-state index in [1.807, 2.05) is 0 Å². The first-order valence-corrected chi connectivity index (χ1v) is 16.4. The third kappa shape index (κ3) is 5.27. The molecule has 0 radical (unpaired) electrons. The molecule has 0 fully saturated rings. The van der Waals surface area contributed by atoms with Gasteiger partial charge in [-0.15, -0.1) is 0 Å². The molecule has 27 heavy (non-hydrogen) atoms. The summed E-state index contributed by atoms with van der Waals surface area (Å²) in [6.07, 6.45) is 0. The molecule has 0 unspecified atom stereocenters. The summed E-state index contributed by atoms with van der Waals surface area (Å²) in [6.45, 7) is 32.9. The first-order valence-electron chi connectivity index (χ1n) is 11.8. The largest absolute Gasteiger partial charge is 0.321 e. The molecule has 0 saturated heterocycles. The molecule has 0 amide bonds. The van der Waals surface area contributed by atoms with E-state index in [2.05, 4.69) is 103 Å². The normalized spacial score (nSPS) is 14.2. The van der Waals surface area contributed by atoms with E-state index in [0.29, 0.717) is 24.2 Å². The van der Waals surface area contributed by atoms with Crippen LogP contribution in [0.3, 0.4) is 0 Å². The molecule has 5 heteroatoms. The van der Waals surface area contributed by atoms with Gasteiger partial charge in [0, 0.05) is 0 Å². The fourth-order valence-electron chi connectivity index (χ4n) is 6.36. The van der Waals surface area contributed by atoms with Crippen molar-refractivity contribution in [3.05, 3.63) is 0 Å². The summed E-state index contributed by atoms with van der Waals surface area (Å²) in [4.78, 5) is 0. The second-order valence-electron chi connectivity index (χ2n) is 9.31. The third-order valence-electron chi connectivity index (χ3n) is 6.77.